The molecule has 3 aliphatic rings. The van der Waals surface area contributed by atoms with E-state index >= 15 is 0 Å². The highest BCUT2D eigenvalue weighted by Crippen LogP contribution is 2.40. The minimum absolute atomic E-state index is 0.248. The zero-order valence-electron chi connectivity index (χ0n) is 23.9. The molecule has 0 saturated carbocycles. The Hall–Kier alpha value is -2.21. The summed E-state index contributed by atoms with van der Waals surface area (Å²) in [5.41, 5.74) is 3.08. The Morgan fingerprint density at radius 3 is 2.38 bits per heavy atom. The third-order valence-corrected chi connectivity index (χ3v) is 8.76. The van der Waals surface area contributed by atoms with Crippen LogP contribution in [0.2, 0.25) is 0 Å². The summed E-state index contributed by atoms with van der Waals surface area (Å²) in [5, 5.41) is 3.42. The summed E-state index contributed by atoms with van der Waals surface area (Å²) in [7, 11) is -0.542. The number of alkyl halides is 4. The van der Waals surface area contributed by atoms with Gasteiger partial charge in [-0.15, -0.1) is 0 Å². The highest BCUT2D eigenvalue weighted by atomic mass is 19.4. The van der Waals surface area contributed by atoms with Crippen molar-refractivity contribution in [3.8, 4) is 0 Å². The summed E-state index contributed by atoms with van der Waals surface area (Å²) >= 11 is 0. The molecular weight excluding hydrogens is 523 g/mol. The molecule has 0 bridgehead atoms. The van der Waals surface area contributed by atoms with Crippen molar-refractivity contribution < 1.29 is 26.9 Å². The van der Waals surface area contributed by atoms with E-state index in [1.54, 1.807) is 6.20 Å². The van der Waals surface area contributed by atoms with Gasteiger partial charge in [-0.2, -0.15) is 13.2 Å². The molecule has 2 saturated heterocycles. The van der Waals surface area contributed by atoms with Gasteiger partial charge < -0.3 is 14.6 Å². The van der Waals surface area contributed by atoms with Gasteiger partial charge in [0, 0.05) is 25.7 Å². The fourth-order valence-corrected chi connectivity index (χ4v) is 5.86. The first kappa shape index (κ1) is 29.3. The van der Waals surface area contributed by atoms with Crippen LogP contribution in [0.3, 0.4) is 0 Å². The Balaban J connectivity index is 1.39. The van der Waals surface area contributed by atoms with E-state index in [-0.39, 0.29) is 18.8 Å². The van der Waals surface area contributed by atoms with Crippen molar-refractivity contribution in [3.63, 3.8) is 0 Å². The van der Waals surface area contributed by atoms with Crippen molar-refractivity contribution in [1.82, 2.24) is 14.8 Å². The summed E-state index contributed by atoms with van der Waals surface area (Å²) in [6.45, 7) is 10.9. The number of aromatic nitrogens is 1. The first-order chi connectivity index (χ1) is 18.8. The van der Waals surface area contributed by atoms with E-state index in [0.29, 0.717) is 18.5 Å². The highest BCUT2D eigenvalue weighted by Gasteiger charge is 2.52. The Kier molecular flexibility index (Phi) is 7.98. The summed E-state index contributed by atoms with van der Waals surface area (Å²) < 4.78 is 66.0. The van der Waals surface area contributed by atoms with Crippen LogP contribution in [-0.2, 0) is 15.7 Å². The van der Waals surface area contributed by atoms with Gasteiger partial charge in [0.15, 0.2) is 0 Å². The van der Waals surface area contributed by atoms with Crippen molar-refractivity contribution in [2.24, 2.45) is 0 Å². The quantitative estimate of drug-likeness (QED) is 0.371. The molecule has 218 valence electrons. The maximum atomic E-state index is 13.7. The largest absolute Gasteiger partial charge is 0.494 e. The standard InChI is InChI=1S/C29H39BF4N4O2/c1-19-13-20-14-21(30-39-27(2,3)28(4,5)40-30)7-9-24(20)26(38(19)18-29(32,33)34)25-10-8-22(15-35-25)36-23-16-37(17-23)12-6-11-31/h7-10,14-15,19,23,26,36H,6,11-13,16-18H2,1-5H3/t19-,26?/m1/s1. The SMILES string of the molecule is C[C@@H]1Cc2cc(B3OC(C)(C)C(C)(C)O3)ccc2C(c2ccc(NC3CN(CCCF)C3)cn2)N1CC(F)(F)F. The average molecular weight is 562 g/mol. The molecule has 0 spiro atoms. The fourth-order valence-electron chi connectivity index (χ4n) is 5.86. The van der Waals surface area contributed by atoms with Crippen LogP contribution >= 0.6 is 0 Å². The molecule has 40 heavy (non-hydrogen) atoms. The number of pyridine rings is 1. The van der Waals surface area contributed by atoms with E-state index in [1.165, 1.54) is 4.90 Å². The predicted molar refractivity (Wildman–Crippen MR) is 149 cm³/mol. The lowest BCUT2D eigenvalue weighted by Gasteiger charge is -2.42. The second kappa shape index (κ2) is 10.9. The molecular formula is C29H39BF4N4O2. The van der Waals surface area contributed by atoms with Crippen LogP contribution in [0, 0.1) is 0 Å². The predicted octanol–water partition coefficient (Wildman–Crippen LogP) is 4.73. The molecule has 0 radical (unpaired) electrons. The van der Waals surface area contributed by atoms with Gasteiger partial charge in [-0.1, -0.05) is 18.2 Å². The van der Waals surface area contributed by atoms with E-state index in [2.05, 4.69) is 15.2 Å². The molecule has 0 aliphatic carbocycles. The third-order valence-electron chi connectivity index (χ3n) is 8.76. The minimum Gasteiger partial charge on any atom is -0.399 e. The van der Waals surface area contributed by atoms with Crippen LogP contribution in [0.25, 0.3) is 0 Å². The van der Waals surface area contributed by atoms with Crippen LogP contribution in [0.1, 0.15) is 63.9 Å². The summed E-state index contributed by atoms with van der Waals surface area (Å²) in [4.78, 5) is 8.34. The Morgan fingerprint density at radius 2 is 1.77 bits per heavy atom. The van der Waals surface area contributed by atoms with E-state index in [9.17, 15) is 17.6 Å². The van der Waals surface area contributed by atoms with Crippen molar-refractivity contribution in [1.29, 1.82) is 0 Å². The van der Waals surface area contributed by atoms with Gasteiger partial charge in [0.2, 0.25) is 0 Å². The molecule has 2 aromatic rings. The molecule has 0 amide bonds. The van der Waals surface area contributed by atoms with Crippen LogP contribution in [0.15, 0.2) is 36.5 Å². The zero-order valence-corrected chi connectivity index (χ0v) is 23.9. The van der Waals surface area contributed by atoms with Crippen LogP contribution < -0.4 is 10.8 Å². The van der Waals surface area contributed by atoms with Crippen molar-refractivity contribution in [2.45, 2.75) is 83.0 Å². The molecule has 1 unspecified atom stereocenters. The summed E-state index contributed by atoms with van der Waals surface area (Å²) in [5.74, 6) is 0. The van der Waals surface area contributed by atoms with Crippen molar-refractivity contribution in [2.75, 3.05) is 38.2 Å². The lowest BCUT2D eigenvalue weighted by Crippen LogP contribution is -2.54. The zero-order chi connectivity index (χ0) is 28.9. The van der Waals surface area contributed by atoms with Crippen LogP contribution in [-0.4, -0.2) is 84.2 Å². The number of anilines is 1. The molecule has 3 aliphatic heterocycles. The van der Waals surface area contributed by atoms with Crippen molar-refractivity contribution in [3.05, 3.63) is 53.3 Å². The fraction of sp³-hybridized carbons (Fsp3) is 0.621. The van der Waals surface area contributed by atoms with Crippen molar-refractivity contribution >= 4 is 18.3 Å². The number of benzene rings is 1. The normalized spacial score (nSPS) is 25.1. The Morgan fingerprint density at radius 1 is 1.07 bits per heavy atom. The number of rotatable bonds is 8. The topological polar surface area (TPSA) is 49.9 Å². The molecule has 2 fully saturated rings. The number of nitrogens with one attached hydrogen (secondary N) is 1. The van der Waals surface area contributed by atoms with E-state index in [0.717, 1.165) is 41.9 Å². The molecule has 11 heteroatoms. The second-order valence-electron chi connectivity index (χ2n) is 12.4. The second-order valence-corrected chi connectivity index (χ2v) is 12.4. The van der Waals surface area contributed by atoms with E-state index < -0.39 is 37.1 Å². The molecule has 1 aromatic carbocycles. The number of hydrogen-bond donors (Lipinski definition) is 1. The maximum absolute atomic E-state index is 13.7. The van der Waals surface area contributed by atoms with Gasteiger partial charge in [0.1, 0.15) is 0 Å². The summed E-state index contributed by atoms with van der Waals surface area (Å²) in [6.07, 6.45) is -1.62. The lowest BCUT2D eigenvalue weighted by molar-refractivity contribution is -0.155. The summed E-state index contributed by atoms with van der Waals surface area (Å²) in [6, 6.07) is 8.79. The number of halogens is 4. The number of nitrogens with zero attached hydrogens (tertiary/aromatic N) is 3. The monoisotopic (exact) mass is 562 g/mol. The highest BCUT2D eigenvalue weighted by molar-refractivity contribution is 6.62. The molecule has 5 rings (SSSR count). The van der Waals surface area contributed by atoms with Gasteiger partial charge >= 0.3 is 13.3 Å². The number of hydrogen-bond acceptors (Lipinski definition) is 6. The molecule has 4 heterocycles. The number of fused-ring (bicyclic) bond motifs is 1. The Labute approximate surface area is 234 Å². The Bertz CT molecular complexity index is 1170. The molecule has 2 atom stereocenters. The average Bonchev–Trinajstić information content (AvgIpc) is 3.07. The van der Waals surface area contributed by atoms with Gasteiger partial charge in [-0.05, 0) is 76.2 Å². The lowest BCUT2D eigenvalue weighted by atomic mass is 9.75. The van der Waals surface area contributed by atoms with Crippen LogP contribution in [0.5, 0.6) is 0 Å². The minimum atomic E-state index is -4.34. The van der Waals surface area contributed by atoms with Crippen LogP contribution in [0.4, 0.5) is 23.2 Å². The molecule has 1 N–H and O–H groups in total. The van der Waals surface area contributed by atoms with Gasteiger partial charge in [0.05, 0.1) is 54.1 Å². The maximum Gasteiger partial charge on any atom is 0.494 e. The third kappa shape index (κ3) is 6.03. The van der Waals surface area contributed by atoms with Gasteiger partial charge in [0.25, 0.3) is 0 Å². The molecule has 1 aromatic heterocycles. The molecule has 6 nitrogen and oxygen atoms in total. The smallest absolute Gasteiger partial charge is 0.399 e. The van der Waals surface area contributed by atoms with E-state index in [1.807, 2.05) is 65.0 Å². The van der Waals surface area contributed by atoms with Gasteiger partial charge in [-0.3, -0.25) is 19.2 Å². The van der Waals surface area contributed by atoms with Gasteiger partial charge in [-0.25, -0.2) is 0 Å². The number of likely N-dealkylation sites (tertiary alicyclic amines) is 1. The first-order valence-electron chi connectivity index (χ1n) is 14.1. The van der Waals surface area contributed by atoms with E-state index in [4.69, 9.17) is 9.31 Å². The first-order valence-corrected chi connectivity index (χ1v) is 14.1.